The number of amides is 1. The van der Waals surface area contributed by atoms with Gasteiger partial charge in [0.05, 0.1) is 0 Å². The van der Waals surface area contributed by atoms with Gasteiger partial charge in [-0.05, 0) is 62.9 Å². The van der Waals surface area contributed by atoms with Crippen LogP contribution in [0.3, 0.4) is 0 Å². The molecular weight excluding hydrogens is 330 g/mol. The van der Waals surface area contributed by atoms with Crippen LogP contribution >= 0.6 is 0 Å². The van der Waals surface area contributed by atoms with Crippen molar-refractivity contribution in [2.75, 3.05) is 7.11 Å². The van der Waals surface area contributed by atoms with Crippen molar-refractivity contribution in [3.63, 3.8) is 0 Å². The molecule has 0 saturated heterocycles. The minimum absolute atomic E-state index is 0.0159. The van der Waals surface area contributed by atoms with Gasteiger partial charge >= 0.3 is 5.97 Å². The van der Waals surface area contributed by atoms with Gasteiger partial charge in [-0.3, -0.25) is 4.79 Å². The fraction of sp³-hybridized carbons (Fsp3) is 0.714. The van der Waals surface area contributed by atoms with Gasteiger partial charge in [-0.15, -0.1) is 0 Å². The van der Waals surface area contributed by atoms with Crippen LogP contribution in [0.1, 0.15) is 60.3 Å². The molecule has 1 heterocycles. The van der Waals surface area contributed by atoms with Crippen molar-refractivity contribution < 1.29 is 19.1 Å². The van der Waals surface area contributed by atoms with E-state index in [4.69, 9.17) is 9.47 Å². The molecule has 0 radical (unpaired) electrons. The molecule has 1 N–H and O–H groups in total. The smallest absolute Gasteiger partial charge is 0.333 e. The number of rotatable bonds is 3. The fourth-order valence-corrected chi connectivity index (χ4v) is 5.12. The third-order valence-electron chi connectivity index (χ3n) is 7.38. The van der Waals surface area contributed by atoms with E-state index in [0.717, 1.165) is 36.8 Å². The number of ether oxygens (including phenoxy) is 2. The summed E-state index contributed by atoms with van der Waals surface area (Å²) in [6, 6.07) is 0. The van der Waals surface area contributed by atoms with Gasteiger partial charge in [-0.1, -0.05) is 19.9 Å². The van der Waals surface area contributed by atoms with E-state index >= 15 is 0 Å². The first kappa shape index (κ1) is 19.2. The number of allylic oxidation sites excluding steroid dienone is 1. The van der Waals surface area contributed by atoms with Gasteiger partial charge in [-0.2, -0.15) is 0 Å². The number of fused-ring (bicyclic) bond motifs is 2. The number of hydrogen-bond donors (Lipinski definition) is 1. The molecule has 0 aromatic carbocycles. The Hall–Kier alpha value is -1.62. The van der Waals surface area contributed by atoms with Crippen molar-refractivity contribution in [1.29, 1.82) is 0 Å². The normalized spacial score (nSPS) is 40.0. The number of esters is 1. The van der Waals surface area contributed by atoms with Gasteiger partial charge < -0.3 is 14.8 Å². The molecule has 5 nitrogen and oxygen atoms in total. The van der Waals surface area contributed by atoms with E-state index in [0.29, 0.717) is 11.5 Å². The highest BCUT2D eigenvalue weighted by atomic mass is 16.5. The summed E-state index contributed by atoms with van der Waals surface area (Å²) in [5, 5.41) is 3.07. The number of carbonyl (C=O) groups excluding carboxylic acids is 2. The lowest BCUT2D eigenvalue weighted by Crippen LogP contribution is -2.58. The van der Waals surface area contributed by atoms with E-state index in [-0.39, 0.29) is 29.3 Å². The van der Waals surface area contributed by atoms with Crippen LogP contribution in [0.2, 0.25) is 0 Å². The lowest BCUT2D eigenvalue weighted by atomic mass is 9.52. The SMILES string of the molecule is CC=C(C)C(=O)OC1CCC2CC3(OC)NC(=O)C(C)=C3CC2(C)C1C. The zero-order valence-electron chi connectivity index (χ0n) is 16.8. The van der Waals surface area contributed by atoms with Gasteiger partial charge in [0.15, 0.2) is 5.72 Å². The summed E-state index contributed by atoms with van der Waals surface area (Å²) in [5.74, 6) is 0.399. The highest BCUT2D eigenvalue weighted by molar-refractivity contribution is 5.97. The second-order valence-corrected chi connectivity index (χ2v) is 8.45. The monoisotopic (exact) mass is 361 g/mol. The molecule has 26 heavy (non-hydrogen) atoms. The molecule has 2 fully saturated rings. The Bertz CT molecular complexity index is 694. The summed E-state index contributed by atoms with van der Waals surface area (Å²) in [6.07, 6.45) is 5.12. The van der Waals surface area contributed by atoms with Crippen molar-refractivity contribution in [2.45, 2.75) is 72.1 Å². The van der Waals surface area contributed by atoms with Crippen LogP contribution in [0.15, 0.2) is 22.8 Å². The molecule has 5 atom stereocenters. The first-order chi connectivity index (χ1) is 12.2. The van der Waals surface area contributed by atoms with Crippen molar-refractivity contribution in [3.8, 4) is 0 Å². The van der Waals surface area contributed by atoms with Crippen molar-refractivity contribution in [2.24, 2.45) is 17.3 Å². The number of carbonyl (C=O) groups is 2. The van der Waals surface area contributed by atoms with Gasteiger partial charge in [-0.25, -0.2) is 4.79 Å². The molecule has 1 amide bonds. The maximum absolute atomic E-state index is 12.3. The highest BCUT2D eigenvalue weighted by Crippen LogP contribution is 2.59. The molecule has 144 valence electrons. The molecule has 5 unspecified atom stereocenters. The Morgan fingerprint density at radius 1 is 1.35 bits per heavy atom. The van der Waals surface area contributed by atoms with Gasteiger partial charge in [0.2, 0.25) is 5.91 Å². The second kappa shape index (κ2) is 6.52. The third-order valence-corrected chi connectivity index (χ3v) is 7.38. The van der Waals surface area contributed by atoms with E-state index in [2.05, 4.69) is 19.2 Å². The Morgan fingerprint density at radius 3 is 2.65 bits per heavy atom. The maximum atomic E-state index is 12.3. The first-order valence-corrected chi connectivity index (χ1v) is 9.60. The zero-order valence-corrected chi connectivity index (χ0v) is 16.8. The minimum atomic E-state index is -0.643. The highest BCUT2D eigenvalue weighted by Gasteiger charge is 2.58. The lowest BCUT2D eigenvalue weighted by molar-refractivity contribution is -0.163. The largest absolute Gasteiger partial charge is 0.459 e. The molecule has 0 aromatic heterocycles. The standard InChI is InChI=1S/C21H31NO4/c1-7-12(2)19(24)26-17-9-8-15-10-21(25-6)16(13(3)18(23)22-21)11-20(15,5)14(17)4/h7,14-15,17H,8-11H2,1-6H3,(H,22,23). The Morgan fingerprint density at radius 2 is 2.04 bits per heavy atom. The fourth-order valence-electron chi connectivity index (χ4n) is 5.12. The molecule has 2 saturated carbocycles. The molecular formula is C21H31NO4. The minimum Gasteiger partial charge on any atom is -0.459 e. The van der Waals surface area contributed by atoms with Crippen LogP contribution in [-0.4, -0.2) is 30.8 Å². The third kappa shape index (κ3) is 2.72. The molecule has 0 aromatic rings. The van der Waals surface area contributed by atoms with Crippen LogP contribution in [0.4, 0.5) is 0 Å². The lowest BCUT2D eigenvalue weighted by Gasteiger charge is -2.56. The summed E-state index contributed by atoms with van der Waals surface area (Å²) in [5.41, 5.74) is 1.85. The molecule has 3 aliphatic rings. The second-order valence-electron chi connectivity index (χ2n) is 8.45. The Balaban J connectivity index is 1.87. The predicted molar refractivity (Wildman–Crippen MR) is 99.1 cm³/mol. The van der Waals surface area contributed by atoms with E-state index in [9.17, 15) is 9.59 Å². The number of hydrogen-bond acceptors (Lipinski definition) is 4. The summed E-state index contributed by atoms with van der Waals surface area (Å²) < 4.78 is 11.7. The first-order valence-electron chi connectivity index (χ1n) is 9.60. The Kier molecular flexibility index (Phi) is 4.80. The molecule has 2 aliphatic carbocycles. The molecule has 0 bridgehead atoms. The summed E-state index contributed by atoms with van der Waals surface area (Å²) >= 11 is 0. The van der Waals surface area contributed by atoms with Gasteiger partial charge in [0.1, 0.15) is 6.10 Å². The average Bonchev–Trinajstić information content (AvgIpc) is 2.86. The summed E-state index contributed by atoms with van der Waals surface area (Å²) in [6.45, 7) is 10.00. The topological polar surface area (TPSA) is 64.6 Å². The number of methoxy groups -OCH3 is 1. The van der Waals surface area contributed by atoms with Crippen LogP contribution in [0, 0.1) is 17.3 Å². The summed E-state index contributed by atoms with van der Waals surface area (Å²) in [7, 11) is 1.68. The van der Waals surface area contributed by atoms with E-state index in [1.54, 1.807) is 20.1 Å². The van der Waals surface area contributed by atoms with E-state index in [1.807, 2.05) is 13.8 Å². The van der Waals surface area contributed by atoms with Crippen LogP contribution in [0.25, 0.3) is 0 Å². The maximum Gasteiger partial charge on any atom is 0.333 e. The Labute approximate surface area is 156 Å². The van der Waals surface area contributed by atoms with Crippen LogP contribution < -0.4 is 5.32 Å². The predicted octanol–water partition coefficient (Wildman–Crippen LogP) is 3.50. The van der Waals surface area contributed by atoms with Gasteiger partial charge in [0, 0.05) is 24.7 Å². The molecule has 1 aliphatic heterocycles. The van der Waals surface area contributed by atoms with E-state index < -0.39 is 5.72 Å². The van der Waals surface area contributed by atoms with Crippen molar-refractivity contribution in [3.05, 3.63) is 22.8 Å². The van der Waals surface area contributed by atoms with Crippen molar-refractivity contribution >= 4 is 11.9 Å². The van der Waals surface area contributed by atoms with Crippen LogP contribution in [-0.2, 0) is 19.1 Å². The summed E-state index contributed by atoms with van der Waals surface area (Å²) in [4.78, 5) is 24.5. The molecule has 5 heteroatoms. The molecule has 3 rings (SSSR count). The van der Waals surface area contributed by atoms with E-state index in [1.165, 1.54) is 0 Å². The van der Waals surface area contributed by atoms with Gasteiger partial charge in [0.25, 0.3) is 0 Å². The number of nitrogens with one attached hydrogen (secondary N) is 1. The molecule has 0 spiro atoms. The van der Waals surface area contributed by atoms with Crippen LogP contribution in [0.5, 0.6) is 0 Å². The van der Waals surface area contributed by atoms with Crippen molar-refractivity contribution in [1.82, 2.24) is 5.32 Å². The average molecular weight is 361 g/mol. The quantitative estimate of drug-likeness (QED) is 0.617. The zero-order chi connectivity index (χ0) is 19.3.